The zero-order chi connectivity index (χ0) is 16.9. The number of rotatable bonds is 5. The number of amides is 1. The van der Waals surface area contributed by atoms with Crippen LogP contribution in [0.15, 0.2) is 47.2 Å². The summed E-state index contributed by atoms with van der Waals surface area (Å²) in [7, 11) is 0. The first-order chi connectivity index (χ1) is 11.6. The van der Waals surface area contributed by atoms with E-state index in [4.69, 9.17) is 4.52 Å². The molecule has 0 saturated carbocycles. The van der Waals surface area contributed by atoms with E-state index in [2.05, 4.69) is 20.4 Å². The second kappa shape index (κ2) is 7.04. The van der Waals surface area contributed by atoms with Crippen LogP contribution in [0.25, 0.3) is 11.4 Å². The number of aryl methyl sites for hydroxylation is 2. The number of aromatic nitrogens is 3. The fraction of sp³-hybridized carbons (Fsp3) is 0.222. The van der Waals surface area contributed by atoms with Crippen molar-refractivity contribution in [3.05, 3.63) is 59.7 Å². The minimum Gasteiger partial charge on any atom is -0.361 e. The summed E-state index contributed by atoms with van der Waals surface area (Å²) in [5, 5.41) is 6.70. The molecule has 3 rings (SSSR count). The van der Waals surface area contributed by atoms with E-state index in [0.717, 1.165) is 22.6 Å². The molecule has 0 aliphatic rings. The summed E-state index contributed by atoms with van der Waals surface area (Å²) in [6.07, 6.45) is 4.17. The van der Waals surface area contributed by atoms with Crippen molar-refractivity contribution in [1.29, 1.82) is 0 Å². The normalized spacial score (nSPS) is 10.6. The second-order valence-corrected chi connectivity index (χ2v) is 5.51. The molecule has 0 aliphatic heterocycles. The zero-order valence-electron chi connectivity index (χ0n) is 13.6. The number of hydrogen-bond acceptors (Lipinski definition) is 5. The predicted octanol–water partition coefficient (Wildman–Crippen LogP) is 3.32. The van der Waals surface area contributed by atoms with Crippen molar-refractivity contribution in [2.45, 2.75) is 26.7 Å². The molecule has 1 N–H and O–H groups in total. The van der Waals surface area contributed by atoms with Gasteiger partial charge in [0.15, 0.2) is 5.82 Å². The van der Waals surface area contributed by atoms with Crippen molar-refractivity contribution in [3.8, 4) is 11.4 Å². The standard InChI is InChI=1S/C18H18N4O2/c1-12-16(13(2)24-22-12)8-9-17(23)21-15-10-19-18(20-11-15)14-6-4-3-5-7-14/h3-7,10-11H,8-9H2,1-2H3,(H,21,23). The highest BCUT2D eigenvalue weighted by Crippen LogP contribution is 2.16. The minimum absolute atomic E-state index is 0.0916. The lowest BCUT2D eigenvalue weighted by Gasteiger charge is -2.05. The Morgan fingerprint density at radius 1 is 1.12 bits per heavy atom. The number of benzene rings is 1. The molecule has 0 radical (unpaired) electrons. The molecular formula is C18H18N4O2. The Morgan fingerprint density at radius 2 is 1.83 bits per heavy atom. The monoisotopic (exact) mass is 322 g/mol. The Balaban J connectivity index is 1.59. The van der Waals surface area contributed by atoms with E-state index in [1.807, 2.05) is 44.2 Å². The number of carbonyl (C=O) groups excluding carboxylic acids is 1. The average Bonchev–Trinajstić information content (AvgIpc) is 2.93. The van der Waals surface area contributed by atoms with Crippen molar-refractivity contribution in [2.24, 2.45) is 0 Å². The first kappa shape index (κ1) is 15.9. The number of nitrogens with zero attached hydrogens (tertiary/aromatic N) is 3. The van der Waals surface area contributed by atoms with Crippen molar-refractivity contribution >= 4 is 11.6 Å². The van der Waals surface area contributed by atoms with E-state index in [0.29, 0.717) is 24.4 Å². The summed E-state index contributed by atoms with van der Waals surface area (Å²) in [6.45, 7) is 3.73. The average molecular weight is 322 g/mol. The molecule has 122 valence electrons. The second-order valence-electron chi connectivity index (χ2n) is 5.51. The van der Waals surface area contributed by atoms with E-state index < -0.39 is 0 Å². The maximum absolute atomic E-state index is 12.1. The molecular weight excluding hydrogens is 304 g/mol. The van der Waals surface area contributed by atoms with Crippen molar-refractivity contribution in [1.82, 2.24) is 15.1 Å². The van der Waals surface area contributed by atoms with Crippen LogP contribution < -0.4 is 5.32 Å². The summed E-state index contributed by atoms with van der Waals surface area (Å²) in [5.41, 5.74) is 3.34. The van der Waals surface area contributed by atoms with Gasteiger partial charge in [0.2, 0.25) is 5.91 Å². The Labute approximate surface area is 139 Å². The molecule has 0 spiro atoms. The lowest BCUT2D eigenvalue weighted by atomic mass is 10.1. The van der Waals surface area contributed by atoms with Gasteiger partial charge in [-0.15, -0.1) is 0 Å². The van der Waals surface area contributed by atoms with E-state index in [9.17, 15) is 4.79 Å². The van der Waals surface area contributed by atoms with Crippen LogP contribution in [0.2, 0.25) is 0 Å². The fourth-order valence-corrected chi connectivity index (χ4v) is 2.45. The van der Waals surface area contributed by atoms with Gasteiger partial charge in [-0.25, -0.2) is 9.97 Å². The summed E-state index contributed by atoms with van der Waals surface area (Å²) in [6, 6.07) is 9.69. The maximum atomic E-state index is 12.1. The van der Waals surface area contributed by atoms with Crippen LogP contribution in [-0.2, 0) is 11.2 Å². The highest BCUT2D eigenvalue weighted by molar-refractivity contribution is 5.90. The molecule has 2 heterocycles. The van der Waals surface area contributed by atoms with Gasteiger partial charge in [-0.2, -0.15) is 0 Å². The van der Waals surface area contributed by atoms with Crippen LogP contribution >= 0.6 is 0 Å². The maximum Gasteiger partial charge on any atom is 0.224 e. The smallest absolute Gasteiger partial charge is 0.224 e. The fourth-order valence-electron chi connectivity index (χ4n) is 2.45. The van der Waals surface area contributed by atoms with Crippen molar-refractivity contribution < 1.29 is 9.32 Å². The Morgan fingerprint density at radius 3 is 2.46 bits per heavy atom. The molecule has 1 aromatic carbocycles. The molecule has 6 nitrogen and oxygen atoms in total. The lowest BCUT2D eigenvalue weighted by Crippen LogP contribution is -2.13. The molecule has 2 aromatic heterocycles. The zero-order valence-corrected chi connectivity index (χ0v) is 13.6. The van der Waals surface area contributed by atoms with Gasteiger partial charge in [0.05, 0.1) is 23.8 Å². The SMILES string of the molecule is Cc1noc(C)c1CCC(=O)Nc1cnc(-c2ccccc2)nc1. The van der Waals surface area contributed by atoms with Gasteiger partial charge in [-0.1, -0.05) is 35.5 Å². The third-order valence-electron chi connectivity index (χ3n) is 3.75. The van der Waals surface area contributed by atoms with Gasteiger partial charge in [0, 0.05) is 17.5 Å². The van der Waals surface area contributed by atoms with E-state index in [1.165, 1.54) is 0 Å². The molecule has 0 atom stereocenters. The number of anilines is 1. The number of carbonyl (C=O) groups is 1. The van der Waals surface area contributed by atoms with Gasteiger partial charge in [-0.05, 0) is 20.3 Å². The highest BCUT2D eigenvalue weighted by Gasteiger charge is 2.11. The molecule has 3 aromatic rings. The first-order valence-electron chi connectivity index (χ1n) is 7.72. The Kier molecular flexibility index (Phi) is 4.65. The molecule has 6 heteroatoms. The van der Waals surface area contributed by atoms with Crippen LogP contribution in [0, 0.1) is 13.8 Å². The van der Waals surface area contributed by atoms with Gasteiger partial charge < -0.3 is 9.84 Å². The Bertz CT molecular complexity index is 806. The number of hydrogen-bond donors (Lipinski definition) is 1. The largest absolute Gasteiger partial charge is 0.361 e. The minimum atomic E-state index is -0.0916. The van der Waals surface area contributed by atoms with Crippen LogP contribution in [0.1, 0.15) is 23.4 Å². The summed E-state index contributed by atoms with van der Waals surface area (Å²) in [5.74, 6) is 1.30. The van der Waals surface area contributed by atoms with Crippen LogP contribution in [0.4, 0.5) is 5.69 Å². The summed E-state index contributed by atoms with van der Waals surface area (Å²) >= 11 is 0. The molecule has 0 saturated heterocycles. The highest BCUT2D eigenvalue weighted by atomic mass is 16.5. The van der Waals surface area contributed by atoms with E-state index in [-0.39, 0.29) is 5.91 Å². The summed E-state index contributed by atoms with van der Waals surface area (Å²) in [4.78, 5) is 20.6. The van der Waals surface area contributed by atoms with Crippen molar-refractivity contribution in [2.75, 3.05) is 5.32 Å². The van der Waals surface area contributed by atoms with Gasteiger partial charge in [-0.3, -0.25) is 4.79 Å². The molecule has 0 aliphatic carbocycles. The van der Waals surface area contributed by atoms with Gasteiger partial charge in [0.1, 0.15) is 5.76 Å². The van der Waals surface area contributed by atoms with Crippen LogP contribution in [-0.4, -0.2) is 21.0 Å². The number of nitrogens with one attached hydrogen (secondary N) is 1. The predicted molar refractivity (Wildman–Crippen MR) is 90.4 cm³/mol. The van der Waals surface area contributed by atoms with Crippen LogP contribution in [0.5, 0.6) is 0 Å². The van der Waals surface area contributed by atoms with E-state index in [1.54, 1.807) is 12.4 Å². The molecule has 0 fully saturated rings. The molecule has 24 heavy (non-hydrogen) atoms. The Hall–Kier alpha value is -3.02. The van der Waals surface area contributed by atoms with E-state index >= 15 is 0 Å². The quantitative estimate of drug-likeness (QED) is 0.779. The van der Waals surface area contributed by atoms with Crippen LogP contribution in [0.3, 0.4) is 0 Å². The van der Waals surface area contributed by atoms with Gasteiger partial charge in [0.25, 0.3) is 0 Å². The third kappa shape index (κ3) is 3.65. The third-order valence-corrected chi connectivity index (χ3v) is 3.75. The topological polar surface area (TPSA) is 80.9 Å². The lowest BCUT2D eigenvalue weighted by molar-refractivity contribution is -0.116. The molecule has 0 bridgehead atoms. The van der Waals surface area contributed by atoms with Crippen molar-refractivity contribution in [3.63, 3.8) is 0 Å². The first-order valence-corrected chi connectivity index (χ1v) is 7.72. The molecule has 1 amide bonds. The van der Waals surface area contributed by atoms with Gasteiger partial charge >= 0.3 is 0 Å². The molecule has 0 unspecified atom stereocenters. The summed E-state index contributed by atoms with van der Waals surface area (Å²) < 4.78 is 5.10.